The number of anilines is 2. The van der Waals surface area contributed by atoms with E-state index in [0.29, 0.717) is 19.1 Å². The third kappa shape index (κ3) is 3.12. The Morgan fingerprint density at radius 3 is 2.95 bits per heavy atom. The summed E-state index contributed by atoms with van der Waals surface area (Å²) in [6.07, 6.45) is 2.02. The highest BCUT2D eigenvalue weighted by atomic mass is 19.1. The third-order valence-corrected chi connectivity index (χ3v) is 3.37. The quantitative estimate of drug-likeness (QED) is 0.911. The Labute approximate surface area is 111 Å². The van der Waals surface area contributed by atoms with Crippen molar-refractivity contribution in [2.75, 3.05) is 44.1 Å². The van der Waals surface area contributed by atoms with E-state index in [9.17, 15) is 8.78 Å². The number of pyridine rings is 1. The number of hydrogen-bond acceptors (Lipinski definition) is 4. The lowest BCUT2D eigenvalue weighted by molar-refractivity contribution is 0.143. The van der Waals surface area contributed by atoms with Crippen LogP contribution in [0.3, 0.4) is 0 Å². The molecule has 19 heavy (non-hydrogen) atoms. The van der Waals surface area contributed by atoms with Crippen molar-refractivity contribution in [2.45, 2.75) is 12.8 Å². The maximum Gasteiger partial charge on any atom is 0.168 e. The number of methoxy groups -OCH3 is 1. The molecule has 4 nitrogen and oxygen atoms in total. The van der Waals surface area contributed by atoms with E-state index in [1.54, 1.807) is 14.2 Å². The van der Waals surface area contributed by atoms with E-state index in [2.05, 4.69) is 10.3 Å². The Morgan fingerprint density at radius 2 is 2.26 bits per heavy atom. The van der Waals surface area contributed by atoms with E-state index in [1.165, 1.54) is 0 Å². The van der Waals surface area contributed by atoms with Crippen LogP contribution < -0.4 is 10.2 Å². The Morgan fingerprint density at radius 1 is 1.47 bits per heavy atom. The van der Waals surface area contributed by atoms with E-state index in [0.717, 1.165) is 25.5 Å². The van der Waals surface area contributed by atoms with Crippen LogP contribution in [0.25, 0.3) is 0 Å². The molecule has 1 atom stereocenters. The fraction of sp³-hybridized carbons (Fsp3) is 0.615. The molecule has 1 aromatic rings. The molecular formula is C13H19F2N3O. The van der Waals surface area contributed by atoms with Gasteiger partial charge in [0.05, 0.1) is 6.61 Å². The average molecular weight is 271 g/mol. The van der Waals surface area contributed by atoms with Gasteiger partial charge in [-0.25, -0.2) is 13.8 Å². The molecule has 0 bridgehead atoms. The highest BCUT2D eigenvalue weighted by Gasteiger charge is 2.24. The van der Waals surface area contributed by atoms with Crippen molar-refractivity contribution in [1.82, 2.24) is 4.98 Å². The summed E-state index contributed by atoms with van der Waals surface area (Å²) < 4.78 is 32.4. The summed E-state index contributed by atoms with van der Waals surface area (Å²) in [5.41, 5.74) is 0. The van der Waals surface area contributed by atoms with E-state index < -0.39 is 11.6 Å². The Bertz CT molecular complexity index is 440. The van der Waals surface area contributed by atoms with Crippen molar-refractivity contribution in [3.63, 3.8) is 0 Å². The normalized spacial score (nSPS) is 19.6. The molecule has 2 heterocycles. The van der Waals surface area contributed by atoms with Gasteiger partial charge < -0.3 is 15.0 Å². The second-order valence-electron chi connectivity index (χ2n) is 4.78. The minimum atomic E-state index is -0.672. The fourth-order valence-corrected chi connectivity index (χ4v) is 2.48. The molecule has 1 fully saturated rings. The van der Waals surface area contributed by atoms with Crippen molar-refractivity contribution in [1.29, 1.82) is 0 Å². The van der Waals surface area contributed by atoms with Crippen LogP contribution in [-0.4, -0.2) is 38.8 Å². The third-order valence-electron chi connectivity index (χ3n) is 3.37. The standard InChI is InChI=1S/C13H19F2N3O/c1-16-12-10(14)6-11(15)13(17-12)18-5-3-4-9(7-18)8-19-2/h6,9H,3-5,7-8H2,1-2H3,(H,16,17). The van der Waals surface area contributed by atoms with E-state index >= 15 is 0 Å². The van der Waals surface area contributed by atoms with Crippen LogP contribution in [0.4, 0.5) is 20.4 Å². The maximum absolute atomic E-state index is 13.9. The molecule has 2 rings (SSSR count). The molecular weight excluding hydrogens is 252 g/mol. The van der Waals surface area contributed by atoms with Crippen molar-refractivity contribution in [3.05, 3.63) is 17.7 Å². The SMILES string of the molecule is CNc1nc(N2CCCC(COC)C2)c(F)cc1F. The molecule has 0 aromatic carbocycles. The van der Waals surface area contributed by atoms with Crippen LogP contribution in [0.5, 0.6) is 0 Å². The number of aromatic nitrogens is 1. The molecule has 6 heteroatoms. The van der Waals surface area contributed by atoms with Crippen LogP contribution in [-0.2, 0) is 4.74 Å². The average Bonchev–Trinajstić information content (AvgIpc) is 2.39. The molecule has 0 spiro atoms. The summed E-state index contributed by atoms with van der Waals surface area (Å²) in [5.74, 6) is -0.636. The molecule has 0 radical (unpaired) electrons. The van der Waals surface area contributed by atoms with Crippen molar-refractivity contribution >= 4 is 11.6 Å². The number of nitrogens with zero attached hydrogens (tertiary/aromatic N) is 2. The second-order valence-corrected chi connectivity index (χ2v) is 4.78. The zero-order valence-corrected chi connectivity index (χ0v) is 11.2. The smallest absolute Gasteiger partial charge is 0.168 e. The molecule has 1 saturated heterocycles. The van der Waals surface area contributed by atoms with Crippen LogP contribution in [0.1, 0.15) is 12.8 Å². The van der Waals surface area contributed by atoms with Gasteiger partial charge in [0.2, 0.25) is 0 Å². The lowest BCUT2D eigenvalue weighted by atomic mass is 9.99. The van der Waals surface area contributed by atoms with E-state index in [1.807, 2.05) is 4.90 Å². The van der Waals surface area contributed by atoms with Crippen molar-refractivity contribution < 1.29 is 13.5 Å². The molecule has 0 amide bonds. The summed E-state index contributed by atoms with van der Waals surface area (Å²) in [7, 11) is 3.23. The Kier molecular flexibility index (Phi) is 4.52. The van der Waals surface area contributed by atoms with Gasteiger partial charge in [-0.1, -0.05) is 0 Å². The molecule has 1 aliphatic rings. The largest absolute Gasteiger partial charge is 0.384 e. The van der Waals surface area contributed by atoms with Crippen molar-refractivity contribution in [3.8, 4) is 0 Å². The highest BCUT2D eigenvalue weighted by Crippen LogP contribution is 2.26. The first-order valence-electron chi connectivity index (χ1n) is 6.43. The van der Waals surface area contributed by atoms with Gasteiger partial charge >= 0.3 is 0 Å². The molecule has 1 aromatic heterocycles. The monoisotopic (exact) mass is 271 g/mol. The van der Waals surface area contributed by atoms with Gasteiger partial charge in [0.15, 0.2) is 23.3 Å². The maximum atomic E-state index is 13.9. The fourth-order valence-electron chi connectivity index (χ4n) is 2.48. The molecule has 0 aliphatic carbocycles. The number of nitrogens with one attached hydrogen (secondary N) is 1. The van der Waals surface area contributed by atoms with Crippen LogP contribution in [0, 0.1) is 17.6 Å². The summed E-state index contributed by atoms with van der Waals surface area (Å²) in [6, 6.07) is 0.883. The van der Waals surface area contributed by atoms with Gasteiger partial charge in [0.1, 0.15) is 0 Å². The van der Waals surface area contributed by atoms with Crippen LogP contribution in [0.15, 0.2) is 6.07 Å². The zero-order valence-electron chi connectivity index (χ0n) is 11.2. The minimum absolute atomic E-state index is 0.0743. The van der Waals surface area contributed by atoms with Gasteiger partial charge in [-0.2, -0.15) is 0 Å². The predicted octanol–water partition coefficient (Wildman–Crippen LogP) is 2.26. The van der Waals surface area contributed by atoms with Gasteiger partial charge in [-0.05, 0) is 18.8 Å². The summed E-state index contributed by atoms with van der Waals surface area (Å²) >= 11 is 0. The molecule has 1 unspecified atom stereocenters. The zero-order chi connectivity index (χ0) is 13.8. The van der Waals surface area contributed by atoms with E-state index in [-0.39, 0.29) is 11.6 Å². The first-order valence-corrected chi connectivity index (χ1v) is 6.43. The summed E-state index contributed by atoms with van der Waals surface area (Å²) in [6.45, 7) is 2.07. The van der Waals surface area contributed by atoms with Gasteiger partial charge in [-0.15, -0.1) is 0 Å². The van der Waals surface area contributed by atoms with Crippen LogP contribution >= 0.6 is 0 Å². The number of ether oxygens (including phenoxy) is 1. The van der Waals surface area contributed by atoms with E-state index in [4.69, 9.17) is 4.74 Å². The molecule has 0 saturated carbocycles. The van der Waals surface area contributed by atoms with Gasteiger partial charge in [0.25, 0.3) is 0 Å². The van der Waals surface area contributed by atoms with Crippen LogP contribution in [0.2, 0.25) is 0 Å². The first kappa shape index (κ1) is 14.0. The Hall–Kier alpha value is -1.43. The number of rotatable bonds is 4. The summed E-state index contributed by atoms with van der Waals surface area (Å²) in [4.78, 5) is 5.90. The topological polar surface area (TPSA) is 37.4 Å². The predicted molar refractivity (Wildman–Crippen MR) is 70.5 cm³/mol. The van der Waals surface area contributed by atoms with Gasteiger partial charge in [0, 0.05) is 33.3 Å². The number of piperidine rings is 1. The molecule has 1 aliphatic heterocycles. The lowest BCUT2D eigenvalue weighted by Crippen LogP contribution is -2.38. The highest BCUT2D eigenvalue weighted by molar-refractivity contribution is 5.49. The lowest BCUT2D eigenvalue weighted by Gasteiger charge is -2.33. The molecule has 106 valence electrons. The number of halogens is 2. The Balaban J connectivity index is 2.20. The number of hydrogen-bond donors (Lipinski definition) is 1. The van der Waals surface area contributed by atoms with Gasteiger partial charge in [-0.3, -0.25) is 0 Å². The summed E-state index contributed by atoms with van der Waals surface area (Å²) in [5, 5.41) is 2.63. The minimum Gasteiger partial charge on any atom is -0.384 e. The van der Waals surface area contributed by atoms with Crippen molar-refractivity contribution in [2.24, 2.45) is 5.92 Å². The molecule has 1 N–H and O–H groups in total. The second kappa shape index (κ2) is 6.14. The first-order chi connectivity index (χ1) is 9.15.